The molecule has 1 amide bonds. The van der Waals surface area contributed by atoms with Crippen LogP contribution in [0.15, 0.2) is 0 Å². The van der Waals surface area contributed by atoms with Gasteiger partial charge in [0.25, 0.3) is 5.91 Å². The van der Waals surface area contributed by atoms with Gasteiger partial charge in [0.15, 0.2) is 0 Å². The van der Waals surface area contributed by atoms with Crippen molar-refractivity contribution in [1.29, 1.82) is 0 Å². The standard InChI is InChI=1S/C12H21N3O2S/c1-9(2)10-11(18-14-13-10)12(17)15(3)7-5-4-6-8-16/h9,16H,4-8H2,1-3H3. The van der Waals surface area contributed by atoms with Crippen molar-refractivity contribution in [3.63, 3.8) is 0 Å². The van der Waals surface area contributed by atoms with Gasteiger partial charge in [-0.2, -0.15) is 0 Å². The van der Waals surface area contributed by atoms with E-state index in [0.717, 1.165) is 25.0 Å². The van der Waals surface area contributed by atoms with Crippen LogP contribution in [-0.4, -0.2) is 45.7 Å². The van der Waals surface area contributed by atoms with E-state index >= 15 is 0 Å². The highest BCUT2D eigenvalue weighted by molar-refractivity contribution is 7.08. The van der Waals surface area contributed by atoms with E-state index < -0.39 is 0 Å². The van der Waals surface area contributed by atoms with Crippen LogP contribution in [0.2, 0.25) is 0 Å². The molecular weight excluding hydrogens is 250 g/mol. The first-order chi connectivity index (χ1) is 8.57. The number of carbonyl (C=O) groups excluding carboxylic acids is 1. The number of amides is 1. The van der Waals surface area contributed by atoms with Crippen molar-refractivity contribution in [1.82, 2.24) is 14.5 Å². The Morgan fingerprint density at radius 2 is 2.11 bits per heavy atom. The molecule has 0 aliphatic heterocycles. The molecule has 1 aromatic rings. The molecule has 6 heteroatoms. The first-order valence-corrected chi connectivity index (χ1v) is 7.03. The van der Waals surface area contributed by atoms with Gasteiger partial charge in [0, 0.05) is 20.2 Å². The number of rotatable bonds is 7. The van der Waals surface area contributed by atoms with Crippen molar-refractivity contribution in [2.45, 2.75) is 39.0 Å². The van der Waals surface area contributed by atoms with Gasteiger partial charge in [0.2, 0.25) is 0 Å². The van der Waals surface area contributed by atoms with Crippen molar-refractivity contribution in [2.24, 2.45) is 0 Å². The molecule has 0 aliphatic carbocycles. The van der Waals surface area contributed by atoms with Crippen LogP contribution in [0.25, 0.3) is 0 Å². The summed E-state index contributed by atoms with van der Waals surface area (Å²) >= 11 is 1.17. The smallest absolute Gasteiger partial charge is 0.267 e. The van der Waals surface area contributed by atoms with Gasteiger partial charge >= 0.3 is 0 Å². The number of hydrogen-bond acceptors (Lipinski definition) is 5. The Hall–Kier alpha value is -1.01. The van der Waals surface area contributed by atoms with Gasteiger partial charge in [-0.05, 0) is 36.7 Å². The minimum absolute atomic E-state index is 0.00213. The normalized spacial score (nSPS) is 10.9. The second kappa shape index (κ2) is 7.43. The van der Waals surface area contributed by atoms with Crippen LogP contribution in [-0.2, 0) is 0 Å². The molecule has 0 spiro atoms. The Morgan fingerprint density at radius 1 is 1.39 bits per heavy atom. The number of nitrogens with zero attached hydrogens (tertiary/aromatic N) is 3. The summed E-state index contributed by atoms with van der Waals surface area (Å²) in [4.78, 5) is 14.6. The third-order valence-corrected chi connectivity index (χ3v) is 3.48. The minimum atomic E-state index is -0.00213. The van der Waals surface area contributed by atoms with Crippen LogP contribution >= 0.6 is 11.5 Å². The van der Waals surface area contributed by atoms with Crippen molar-refractivity contribution < 1.29 is 9.90 Å². The van der Waals surface area contributed by atoms with Gasteiger partial charge in [0.1, 0.15) is 4.88 Å². The van der Waals surface area contributed by atoms with E-state index in [-0.39, 0.29) is 18.4 Å². The summed E-state index contributed by atoms with van der Waals surface area (Å²) in [7, 11) is 1.80. The average molecular weight is 271 g/mol. The summed E-state index contributed by atoms with van der Waals surface area (Å²) in [6.07, 6.45) is 2.64. The number of aliphatic hydroxyl groups excluding tert-OH is 1. The molecule has 0 saturated heterocycles. The van der Waals surface area contributed by atoms with Crippen LogP contribution in [0.4, 0.5) is 0 Å². The zero-order valence-electron chi connectivity index (χ0n) is 11.2. The Labute approximate surface area is 112 Å². The Balaban J connectivity index is 2.55. The van der Waals surface area contributed by atoms with Crippen LogP contribution < -0.4 is 0 Å². The van der Waals surface area contributed by atoms with Gasteiger partial charge in [-0.15, -0.1) is 5.10 Å². The maximum Gasteiger partial charge on any atom is 0.267 e. The Bertz CT molecular complexity index is 379. The molecule has 1 N–H and O–H groups in total. The third-order valence-electron chi connectivity index (χ3n) is 2.75. The van der Waals surface area contributed by atoms with Gasteiger partial charge in [-0.3, -0.25) is 4.79 Å². The SMILES string of the molecule is CC(C)c1nnsc1C(=O)N(C)CCCCCO. The molecule has 18 heavy (non-hydrogen) atoms. The number of aromatic nitrogens is 2. The summed E-state index contributed by atoms with van der Waals surface area (Å²) in [5, 5.41) is 12.7. The van der Waals surface area contributed by atoms with E-state index in [9.17, 15) is 4.79 Å². The summed E-state index contributed by atoms with van der Waals surface area (Å²) in [6.45, 7) is 4.94. The molecule has 0 atom stereocenters. The van der Waals surface area contributed by atoms with Gasteiger partial charge in [0.05, 0.1) is 5.69 Å². The lowest BCUT2D eigenvalue weighted by Crippen LogP contribution is -2.28. The molecule has 0 aromatic carbocycles. The molecular formula is C12H21N3O2S. The van der Waals surface area contributed by atoms with Gasteiger partial charge in [-0.1, -0.05) is 18.3 Å². The van der Waals surface area contributed by atoms with Crippen LogP contribution in [0.1, 0.15) is 54.4 Å². The number of aliphatic hydroxyl groups is 1. The quantitative estimate of drug-likeness (QED) is 0.769. The van der Waals surface area contributed by atoms with E-state index in [2.05, 4.69) is 9.59 Å². The summed E-state index contributed by atoms with van der Waals surface area (Å²) in [6, 6.07) is 0. The summed E-state index contributed by atoms with van der Waals surface area (Å²) in [5.74, 6) is 0.211. The molecule has 1 aromatic heterocycles. The van der Waals surface area contributed by atoms with Crippen molar-refractivity contribution in [2.75, 3.05) is 20.2 Å². The molecule has 0 saturated carbocycles. The third kappa shape index (κ3) is 4.03. The fraction of sp³-hybridized carbons (Fsp3) is 0.750. The first-order valence-electron chi connectivity index (χ1n) is 6.26. The Morgan fingerprint density at radius 3 is 2.72 bits per heavy atom. The predicted molar refractivity (Wildman–Crippen MR) is 71.9 cm³/mol. The number of unbranched alkanes of at least 4 members (excludes halogenated alkanes) is 2. The lowest BCUT2D eigenvalue weighted by atomic mass is 10.1. The molecule has 1 rings (SSSR count). The molecule has 0 bridgehead atoms. The van der Waals surface area contributed by atoms with Gasteiger partial charge < -0.3 is 10.0 Å². The van der Waals surface area contributed by atoms with Crippen LogP contribution in [0.5, 0.6) is 0 Å². The van der Waals surface area contributed by atoms with Crippen molar-refractivity contribution >= 4 is 17.4 Å². The zero-order valence-corrected chi connectivity index (χ0v) is 12.0. The summed E-state index contributed by atoms with van der Waals surface area (Å²) in [5.41, 5.74) is 0.784. The first kappa shape index (κ1) is 15.0. The maximum absolute atomic E-state index is 12.2. The number of carbonyl (C=O) groups is 1. The molecule has 0 unspecified atom stereocenters. The fourth-order valence-electron chi connectivity index (χ4n) is 1.64. The number of hydrogen-bond donors (Lipinski definition) is 1. The molecule has 0 fully saturated rings. The predicted octanol–water partition coefficient (Wildman–Crippen LogP) is 1.90. The minimum Gasteiger partial charge on any atom is -0.396 e. The van der Waals surface area contributed by atoms with E-state index in [0.29, 0.717) is 11.4 Å². The second-order valence-corrected chi connectivity index (χ2v) is 5.41. The van der Waals surface area contributed by atoms with Crippen molar-refractivity contribution in [3.8, 4) is 0 Å². The average Bonchev–Trinajstić information content (AvgIpc) is 2.82. The van der Waals surface area contributed by atoms with E-state index in [1.165, 1.54) is 11.5 Å². The molecule has 0 radical (unpaired) electrons. The lowest BCUT2D eigenvalue weighted by Gasteiger charge is -2.16. The molecule has 1 heterocycles. The van der Waals surface area contributed by atoms with Crippen LogP contribution in [0.3, 0.4) is 0 Å². The highest BCUT2D eigenvalue weighted by atomic mass is 32.1. The lowest BCUT2D eigenvalue weighted by molar-refractivity contribution is 0.0795. The van der Waals surface area contributed by atoms with Crippen LogP contribution in [0, 0.1) is 0 Å². The Kier molecular flexibility index (Phi) is 6.21. The monoisotopic (exact) mass is 271 g/mol. The molecule has 102 valence electrons. The highest BCUT2D eigenvalue weighted by Gasteiger charge is 2.21. The van der Waals surface area contributed by atoms with Crippen molar-refractivity contribution in [3.05, 3.63) is 10.6 Å². The van der Waals surface area contributed by atoms with Gasteiger partial charge in [-0.25, -0.2) is 0 Å². The second-order valence-electron chi connectivity index (χ2n) is 4.65. The molecule has 5 nitrogen and oxygen atoms in total. The largest absolute Gasteiger partial charge is 0.396 e. The van der Waals surface area contributed by atoms with E-state index in [1.807, 2.05) is 13.8 Å². The zero-order chi connectivity index (χ0) is 13.5. The maximum atomic E-state index is 12.2. The highest BCUT2D eigenvalue weighted by Crippen LogP contribution is 2.21. The fourth-order valence-corrected chi connectivity index (χ4v) is 2.45. The molecule has 0 aliphatic rings. The van der Waals surface area contributed by atoms with E-state index in [4.69, 9.17) is 5.11 Å². The summed E-state index contributed by atoms with van der Waals surface area (Å²) < 4.78 is 3.87. The topological polar surface area (TPSA) is 66.3 Å². The van der Waals surface area contributed by atoms with E-state index in [1.54, 1.807) is 11.9 Å².